The number of hydrogen-bond acceptors (Lipinski definition) is 4. The summed E-state index contributed by atoms with van der Waals surface area (Å²) in [6.45, 7) is 5.61. The van der Waals surface area contributed by atoms with Gasteiger partial charge in [-0.25, -0.2) is 4.98 Å². The predicted molar refractivity (Wildman–Crippen MR) is 68.3 cm³/mol. The van der Waals surface area contributed by atoms with Gasteiger partial charge in [0.05, 0.1) is 0 Å². The van der Waals surface area contributed by atoms with E-state index in [1.165, 1.54) is 12.8 Å². The van der Waals surface area contributed by atoms with Gasteiger partial charge in [-0.2, -0.15) is 0 Å². The number of nitrogens with zero attached hydrogens (tertiary/aromatic N) is 2. The summed E-state index contributed by atoms with van der Waals surface area (Å²) < 4.78 is 0. The lowest BCUT2D eigenvalue weighted by Crippen LogP contribution is -2.27. The highest BCUT2D eigenvalue weighted by Crippen LogP contribution is 2.13. The molecule has 0 aromatic carbocycles. The van der Waals surface area contributed by atoms with Gasteiger partial charge in [-0.1, -0.05) is 6.92 Å². The zero-order valence-electron chi connectivity index (χ0n) is 10.3. The monoisotopic (exact) mass is 236 g/mol. The van der Waals surface area contributed by atoms with Crippen molar-refractivity contribution in [2.75, 3.05) is 24.5 Å². The maximum atomic E-state index is 11.8. The summed E-state index contributed by atoms with van der Waals surface area (Å²) in [4.78, 5) is 21.2. The van der Waals surface area contributed by atoms with Crippen molar-refractivity contribution < 1.29 is 0 Å². The van der Waals surface area contributed by atoms with Gasteiger partial charge >= 0.3 is 0 Å². The number of H-pyrrole nitrogens is 1. The first-order valence-electron chi connectivity index (χ1n) is 6.35. The first-order valence-corrected chi connectivity index (χ1v) is 6.35. The molecule has 0 amide bonds. The van der Waals surface area contributed by atoms with E-state index in [1.807, 2.05) is 0 Å². The van der Waals surface area contributed by atoms with Gasteiger partial charge in [-0.3, -0.25) is 9.78 Å². The third kappa shape index (κ3) is 3.06. The number of aromatic nitrogens is 2. The summed E-state index contributed by atoms with van der Waals surface area (Å²) in [6.07, 6.45) is 5.12. The van der Waals surface area contributed by atoms with E-state index >= 15 is 0 Å². The number of aromatic amines is 1. The van der Waals surface area contributed by atoms with Crippen LogP contribution in [0, 0.1) is 0 Å². The first kappa shape index (κ1) is 12.1. The maximum Gasteiger partial charge on any atom is 0.256 e. The van der Waals surface area contributed by atoms with Crippen LogP contribution in [0.25, 0.3) is 0 Å². The van der Waals surface area contributed by atoms with Gasteiger partial charge in [0.25, 0.3) is 5.56 Å². The van der Waals surface area contributed by atoms with Crippen molar-refractivity contribution >= 4 is 5.95 Å². The quantitative estimate of drug-likeness (QED) is 0.745. The fraction of sp³-hybridized carbons (Fsp3) is 0.667. The standard InChI is InChI=1S/C12H20N4O/c1-2-5-13-8-10-9-14-12(15-11(10)17)16-6-3-4-7-16/h9,13H,2-8H2,1H3,(H,14,15,17). The van der Waals surface area contributed by atoms with Gasteiger partial charge in [0.2, 0.25) is 5.95 Å². The molecule has 0 aliphatic carbocycles. The average molecular weight is 236 g/mol. The van der Waals surface area contributed by atoms with Crippen molar-refractivity contribution in [3.63, 3.8) is 0 Å². The third-order valence-electron chi connectivity index (χ3n) is 3.01. The molecular weight excluding hydrogens is 216 g/mol. The molecule has 0 atom stereocenters. The van der Waals surface area contributed by atoms with Crippen molar-refractivity contribution in [3.8, 4) is 0 Å². The summed E-state index contributed by atoms with van der Waals surface area (Å²) in [5.74, 6) is 0.715. The van der Waals surface area contributed by atoms with Crippen LogP contribution in [0.1, 0.15) is 31.7 Å². The topological polar surface area (TPSA) is 61.0 Å². The van der Waals surface area contributed by atoms with E-state index in [2.05, 4.69) is 27.1 Å². The number of anilines is 1. The van der Waals surface area contributed by atoms with Crippen molar-refractivity contribution in [2.24, 2.45) is 0 Å². The van der Waals surface area contributed by atoms with Crippen LogP contribution in [0.4, 0.5) is 5.95 Å². The second kappa shape index (κ2) is 5.82. The van der Waals surface area contributed by atoms with E-state index < -0.39 is 0 Å². The number of hydrogen-bond donors (Lipinski definition) is 2. The van der Waals surface area contributed by atoms with Crippen LogP contribution in [0.5, 0.6) is 0 Å². The van der Waals surface area contributed by atoms with Crippen molar-refractivity contribution in [1.29, 1.82) is 0 Å². The third-order valence-corrected chi connectivity index (χ3v) is 3.01. The summed E-state index contributed by atoms with van der Waals surface area (Å²) in [6, 6.07) is 0. The molecule has 5 heteroatoms. The van der Waals surface area contributed by atoms with E-state index in [4.69, 9.17) is 0 Å². The van der Waals surface area contributed by atoms with Crippen LogP contribution in [0.2, 0.25) is 0 Å². The molecule has 1 aliphatic heterocycles. The van der Waals surface area contributed by atoms with Gasteiger partial charge in [-0.15, -0.1) is 0 Å². The highest BCUT2D eigenvalue weighted by Gasteiger charge is 2.14. The molecule has 2 N–H and O–H groups in total. The summed E-state index contributed by atoms with van der Waals surface area (Å²) in [7, 11) is 0. The molecule has 1 aromatic rings. The molecule has 2 rings (SSSR count). The van der Waals surface area contributed by atoms with Gasteiger partial charge < -0.3 is 10.2 Å². The lowest BCUT2D eigenvalue weighted by atomic mass is 10.3. The second-order valence-electron chi connectivity index (χ2n) is 4.43. The molecule has 0 spiro atoms. The Labute approximate surface area is 101 Å². The molecule has 1 fully saturated rings. The first-order chi connectivity index (χ1) is 8.31. The Morgan fingerprint density at radius 2 is 2.24 bits per heavy atom. The Balaban J connectivity index is 2.03. The smallest absolute Gasteiger partial charge is 0.256 e. The number of rotatable bonds is 5. The van der Waals surface area contributed by atoms with Crippen molar-refractivity contribution in [2.45, 2.75) is 32.7 Å². The van der Waals surface area contributed by atoms with Crippen molar-refractivity contribution in [3.05, 3.63) is 22.1 Å². The highest BCUT2D eigenvalue weighted by molar-refractivity contribution is 5.30. The fourth-order valence-electron chi connectivity index (χ4n) is 2.03. The summed E-state index contributed by atoms with van der Waals surface area (Å²) in [5.41, 5.74) is 0.687. The van der Waals surface area contributed by atoms with Crippen LogP contribution in [0.3, 0.4) is 0 Å². The molecule has 0 unspecified atom stereocenters. The van der Waals surface area contributed by atoms with Gasteiger partial charge in [0, 0.05) is 31.4 Å². The Morgan fingerprint density at radius 1 is 1.47 bits per heavy atom. The fourth-order valence-corrected chi connectivity index (χ4v) is 2.03. The minimum absolute atomic E-state index is 0.0227. The van der Waals surface area contributed by atoms with Gasteiger partial charge in [0.1, 0.15) is 0 Å². The van der Waals surface area contributed by atoms with Crippen molar-refractivity contribution in [1.82, 2.24) is 15.3 Å². The Kier molecular flexibility index (Phi) is 4.14. The zero-order valence-corrected chi connectivity index (χ0v) is 10.3. The Morgan fingerprint density at radius 3 is 2.88 bits per heavy atom. The molecule has 1 aliphatic rings. The van der Waals surface area contributed by atoms with Gasteiger partial charge in [0.15, 0.2) is 0 Å². The van der Waals surface area contributed by atoms with E-state index in [9.17, 15) is 4.79 Å². The molecule has 94 valence electrons. The van der Waals surface area contributed by atoms with Crippen LogP contribution in [0.15, 0.2) is 11.0 Å². The van der Waals surface area contributed by atoms with Crippen LogP contribution < -0.4 is 15.8 Å². The van der Waals surface area contributed by atoms with E-state index in [-0.39, 0.29) is 5.56 Å². The largest absolute Gasteiger partial charge is 0.342 e. The molecule has 17 heavy (non-hydrogen) atoms. The molecule has 0 saturated carbocycles. The molecular formula is C12H20N4O. The lowest BCUT2D eigenvalue weighted by molar-refractivity contribution is 0.667. The molecule has 1 saturated heterocycles. The lowest BCUT2D eigenvalue weighted by Gasteiger charge is -2.15. The molecule has 2 heterocycles. The maximum absolute atomic E-state index is 11.8. The molecule has 0 radical (unpaired) electrons. The normalized spacial score (nSPS) is 15.5. The predicted octanol–water partition coefficient (Wildman–Crippen LogP) is 0.870. The second-order valence-corrected chi connectivity index (χ2v) is 4.43. The minimum atomic E-state index is -0.0227. The SMILES string of the molecule is CCCNCc1cnc(N2CCCC2)[nH]c1=O. The van der Waals surface area contributed by atoms with Crippen LogP contribution in [-0.2, 0) is 6.54 Å². The summed E-state index contributed by atoms with van der Waals surface area (Å²) in [5, 5.41) is 3.21. The van der Waals surface area contributed by atoms with Gasteiger partial charge in [-0.05, 0) is 25.8 Å². The zero-order chi connectivity index (χ0) is 12.1. The van der Waals surface area contributed by atoms with E-state index in [0.29, 0.717) is 18.1 Å². The van der Waals surface area contributed by atoms with E-state index in [1.54, 1.807) is 6.20 Å². The van der Waals surface area contributed by atoms with Crippen LogP contribution >= 0.6 is 0 Å². The Bertz CT molecular complexity index is 409. The minimum Gasteiger partial charge on any atom is -0.342 e. The number of nitrogens with one attached hydrogen (secondary N) is 2. The van der Waals surface area contributed by atoms with E-state index in [0.717, 1.165) is 26.1 Å². The average Bonchev–Trinajstić information content (AvgIpc) is 2.85. The molecule has 1 aromatic heterocycles. The highest BCUT2D eigenvalue weighted by atomic mass is 16.1. The molecule has 5 nitrogen and oxygen atoms in total. The Hall–Kier alpha value is -1.36. The molecule has 0 bridgehead atoms. The summed E-state index contributed by atoms with van der Waals surface area (Å²) >= 11 is 0. The van der Waals surface area contributed by atoms with Crippen LogP contribution in [-0.4, -0.2) is 29.6 Å².